The van der Waals surface area contributed by atoms with Crippen LogP contribution in [0.2, 0.25) is 0 Å². The summed E-state index contributed by atoms with van der Waals surface area (Å²) in [6, 6.07) is 15.9. The smallest absolute Gasteiger partial charge is 0.217 e. The highest BCUT2D eigenvalue weighted by molar-refractivity contribution is 7.91. The Morgan fingerprint density at radius 2 is 1.55 bits per heavy atom. The van der Waals surface area contributed by atoms with Crippen LogP contribution >= 0.6 is 0 Å². The van der Waals surface area contributed by atoms with Crippen LogP contribution in [-0.2, 0) is 9.84 Å². The van der Waals surface area contributed by atoms with E-state index in [2.05, 4.69) is 10.3 Å². The molecule has 0 amide bonds. The molecule has 1 heterocycles. The summed E-state index contributed by atoms with van der Waals surface area (Å²) in [5.41, 5.74) is 2.40. The van der Waals surface area contributed by atoms with Crippen LogP contribution in [0.3, 0.4) is 0 Å². The Morgan fingerprint density at radius 3 is 2.18 bits per heavy atom. The quantitative estimate of drug-likeness (QED) is 0.746. The number of benzene rings is 2. The largest absolute Gasteiger partial charge is 0.227 e. The maximum atomic E-state index is 12.6. The monoisotopic (exact) mass is 313 g/mol. The van der Waals surface area contributed by atoms with Gasteiger partial charge in [-0.15, -0.1) is 5.10 Å². The van der Waals surface area contributed by atoms with E-state index in [-0.39, 0.29) is 9.92 Å². The summed E-state index contributed by atoms with van der Waals surface area (Å²) in [6.45, 7) is 3.69. The van der Waals surface area contributed by atoms with Gasteiger partial charge in [-0.2, -0.15) is 0 Å². The molecule has 0 fully saturated rings. The third-order valence-corrected chi connectivity index (χ3v) is 5.22. The fraction of sp³-hybridized carbons (Fsp3) is 0.125. The highest BCUT2D eigenvalue weighted by atomic mass is 32.2. The van der Waals surface area contributed by atoms with Crippen molar-refractivity contribution < 1.29 is 8.42 Å². The zero-order valence-corrected chi connectivity index (χ0v) is 13.1. The molecule has 3 rings (SSSR count). The topological polar surface area (TPSA) is 64.8 Å². The molecular formula is C16H15N3O2S. The zero-order valence-electron chi connectivity index (χ0n) is 12.3. The van der Waals surface area contributed by atoms with Gasteiger partial charge in [-0.3, -0.25) is 0 Å². The average Bonchev–Trinajstić information content (AvgIpc) is 2.91. The van der Waals surface area contributed by atoms with Crippen molar-refractivity contribution in [3.63, 3.8) is 0 Å². The average molecular weight is 313 g/mol. The molecule has 0 saturated heterocycles. The van der Waals surface area contributed by atoms with Gasteiger partial charge >= 0.3 is 0 Å². The summed E-state index contributed by atoms with van der Waals surface area (Å²) in [6.07, 6.45) is 0. The second-order valence-corrected chi connectivity index (χ2v) is 6.91. The lowest BCUT2D eigenvalue weighted by Gasteiger charge is -2.05. The fourth-order valence-electron chi connectivity index (χ4n) is 2.21. The molecule has 0 spiro atoms. The molecule has 0 atom stereocenters. The van der Waals surface area contributed by atoms with E-state index in [0.717, 1.165) is 11.3 Å². The van der Waals surface area contributed by atoms with E-state index in [4.69, 9.17) is 0 Å². The molecular weight excluding hydrogens is 298 g/mol. The van der Waals surface area contributed by atoms with Crippen LogP contribution in [0.25, 0.3) is 5.69 Å². The Kier molecular flexibility index (Phi) is 3.54. The summed E-state index contributed by atoms with van der Waals surface area (Å²) < 4.78 is 26.8. The number of sulfone groups is 1. The van der Waals surface area contributed by atoms with Gasteiger partial charge in [0.1, 0.15) is 0 Å². The van der Waals surface area contributed by atoms with Crippen LogP contribution in [0.4, 0.5) is 0 Å². The van der Waals surface area contributed by atoms with Crippen LogP contribution in [0, 0.1) is 13.8 Å². The maximum Gasteiger partial charge on any atom is 0.227 e. The van der Waals surface area contributed by atoms with E-state index in [9.17, 15) is 8.42 Å². The molecule has 1 aromatic heterocycles. The van der Waals surface area contributed by atoms with Crippen molar-refractivity contribution in [2.75, 3.05) is 0 Å². The van der Waals surface area contributed by atoms with E-state index in [0.29, 0.717) is 5.69 Å². The number of rotatable bonds is 3. The first kappa shape index (κ1) is 14.5. The predicted molar refractivity (Wildman–Crippen MR) is 82.7 cm³/mol. The maximum absolute atomic E-state index is 12.6. The van der Waals surface area contributed by atoms with Crippen LogP contribution in [0.1, 0.15) is 11.3 Å². The van der Waals surface area contributed by atoms with Gasteiger partial charge in [0, 0.05) is 0 Å². The molecule has 0 aliphatic rings. The summed E-state index contributed by atoms with van der Waals surface area (Å²) in [5, 5.41) is 7.87. The number of aromatic nitrogens is 3. The first-order valence-electron chi connectivity index (χ1n) is 6.79. The number of aryl methyl sites for hydroxylation is 1. The third-order valence-electron chi connectivity index (χ3n) is 3.44. The first-order chi connectivity index (χ1) is 10.5. The lowest BCUT2D eigenvalue weighted by atomic mass is 10.2. The molecule has 0 aliphatic heterocycles. The highest BCUT2D eigenvalue weighted by Crippen LogP contribution is 2.23. The lowest BCUT2D eigenvalue weighted by molar-refractivity contribution is 0.591. The van der Waals surface area contributed by atoms with Gasteiger partial charge in [0.15, 0.2) is 0 Å². The first-order valence-corrected chi connectivity index (χ1v) is 8.28. The van der Waals surface area contributed by atoms with E-state index >= 15 is 0 Å². The van der Waals surface area contributed by atoms with Crippen molar-refractivity contribution in [2.24, 2.45) is 0 Å². The van der Waals surface area contributed by atoms with Gasteiger partial charge in [0.2, 0.25) is 14.9 Å². The Morgan fingerprint density at radius 1 is 0.909 bits per heavy atom. The van der Waals surface area contributed by atoms with Gasteiger partial charge in [0.05, 0.1) is 16.3 Å². The third kappa shape index (κ3) is 2.42. The second-order valence-electron chi connectivity index (χ2n) is 5.04. The van der Waals surface area contributed by atoms with Gasteiger partial charge < -0.3 is 0 Å². The molecule has 0 radical (unpaired) electrons. The SMILES string of the molecule is Cc1ccc(-n2nnc(S(=O)(=O)c3ccccc3)c2C)cc1. The van der Waals surface area contributed by atoms with E-state index < -0.39 is 9.84 Å². The lowest BCUT2D eigenvalue weighted by Crippen LogP contribution is -2.05. The van der Waals surface area contributed by atoms with Crippen molar-refractivity contribution in [1.82, 2.24) is 15.0 Å². The van der Waals surface area contributed by atoms with Crippen molar-refractivity contribution in [1.29, 1.82) is 0 Å². The van der Waals surface area contributed by atoms with Crippen molar-refractivity contribution in [3.05, 3.63) is 65.9 Å². The predicted octanol–water partition coefficient (Wildman–Crippen LogP) is 2.72. The van der Waals surface area contributed by atoms with Gasteiger partial charge in [-0.25, -0.2) is 13.1 Å². The molecule has 0 bridgehead atoms. The Hall–Kier alpha value is -2.47. The molecule has 6 heteroatoms. The standard InChI is InChI=1S/C16H15N3O2S/c1-12-8-10-14(11-9-12)19-13(2)16(17-18-19)22(20,21)15-6-4-3-5-7-15/h3-11H,1-2H3. The molecule has 2 aromatic carbocycles. The summed E-state index contributed by atoms with van der Waals surface area (Å²) in [4.78, 5) is 0.217. The van der Waals surface area contributed by atoms with Crippen LogP contribution < -0.4 is 0 Å². The summed E-state index contributed by atoms with van der Waals surface area (Å²) in [7, 11) is -3.66. The summed E-state index contributed by atoms with van der Waals surface area (Å²) >= 11 is 0. The molecule has 112 valence electrons. The molecule has 5 nitrogen and oxygen atoms in total. The normalized spacial score (nSPS) is 11.5. The minimum absolute atomic E-state index is 0.0146. The van der Waals surface area contributed by atoms with E-state index in [1.165, 1.54) is 4.68 Å². The highest BCUT2D eigenvalue weighted by Gasteiger charge is 2.25. The van der Waals surface area contributed by atoms with Crippen LogP contribution in [-0.4, -0.2) is 23.4 Å². The molecule has 0 saturated carbocycles. The van der Waals surface area contributed by atoms with Gasteiger partial charge in [-0.05, 0) is 38.1 Å². The minimum Gasteiger partial charge on any atom is -0.217 e. The number of nitrogens with zero attached hydrogens (tertiary/aromatic N) is 3. The van der Waals surface area contributed by atoms with E-state index in [1.807, 2.05) is 31.2 Å². The zero-order chi connectivity index (χ0) is 15.7. The fourth-order valence-corrected chi connectivity index (χ4v) is 3.56. The molecule has 22 heavy (non-hydrogen) atoms. The minimum atomic E-state index is -3.66. The van der Waals surface area contributed by atoms with Crippen LogP contribution in [0.15, 0.2) is 64.5 Å². The number of hydrogen-bond acceptors (Lipinski definition) is 4. The molecule has 0 unspecified atom stereocenters. The number of hydrogen-bond donors (Lipinski definition) is 0. The Balaban J connectivity index is 2.10. The van der Waals surface area contributed by atoms with Crippen LogP contribution in [0.5, 0.6) is 0 Å². The van der Waals surface area contributed by atoms with Gasteiger partial charge in [-0.1, -0.05) is 41.1 Å². The summed E-state index contributed by atoms with van der Waals surface area (Å²) in [5.74, 6) is 0. The van der Waals surface area contributed by atoms with Crippen molar-refractivity contribution in [2.45, 2.75) is 23.8 Å². The second kappa shape index (κ2) is 5.38. The molecule has 0 aliphatic carbocycles. The molecule has 0 N–H and O–H groups in total. The molecule has 3 aromatic rings. The Labute approximate surface area is 129 Å². The van der Waals surface area contributed by atoms with Gasteiger partial charge in [0.25, 0.3) is 0 Å². The van der Waals surface area contributed by atoms with Crippen molar-refractivity contribution >= 4 is 9.84 Å². The van der Waals surface area contributed by atoms with E-state index in [1.54, 1.807) is 37.3 Å². The van der Waals surface area contributed by atoms with Crippen molar-refractivity contribution in [3.8, 4) is 5.69 Å². The Bertz CT molecular complexity index is 898.